The Morgan fingerprint density at radius 2 is 1.50 bits per heavy atom. The van der Waals surface area contributed by atoms with Gasteiger partial charge in [-0.1, -0.05) is 32.4 Å². The van der Waals surface area contributed by atoms with Crippen molar-refractivity contribution >= 4 is 0 Å². The molecule has 0 aliphatic rings. The van der Waals surface area contributed by atoms with E-state index in [9.17, 15) is 15.3 Å². The molecule has 1 atom stereocenters. The van der Waals surface area contributed by atoms with Crippen LogP contribution in [-0.2, 0) is 12.2 Å². The third-order valence-electron chi connectivity index (χ3n) is 5.79. The van der Waals surface area contributed by atoms with Gasteiger partial charge in [0.25, 0.3) is 0 Å². The first-order valence-electron chi connectivity index (χ1n) is 11.8. The fourth-order valence-electron chi connectivity index (χ4n) is 4.06. The Morgan fingerprint density at radius 3 is 2.15 bits per heavy atom. The summed E-state index contributed by atoms with van der Waals surface area (Å²) >= 11 is 0. The minimum atomic E-state index is -1.08. The van der Waals surface area contributed by atoms with E-state index in [0.29, 0.717) is 35.2 Å². The molecule has 5 heteroatoms. The summed E-state index contributed by atoms with van der Waals surface area (Å²) in [7, 11) is 0. The van der Waals surface area contributed by atoms with Crippen LogP contribution < -0.4 is 9.47 Å². The van der Waals surface area contributed by atoms with E-state index < -0.39 is 5.60 Å². The van der Waals surface area contributed by atoms with Gasteiger partial charge in [0.2, 0.25) is 0 Å². The second kappa shape index (κ2) is 10.8. The summed E-state index contributed by atoms with van der Waals surface area (Å²) in [6.07, 6.45) is 2.53. The Labute approximate surface area is 202 Å². The second-order valence-corrected chi connectivity index (χ2v) is 9.79. The van der Waals surface area contributed by atoms with Crippen molar-refractivity contribution in [2.75, 3.05) is 0 Å². The van der Waals surface area contributed by atoms with Crippen molar-refractivity contribution in [2.45, 2.75) is 66.1 Å². The van der Waals surface area contributed by atoms with Gasteiger partial charge >= 0.3 is 0 Å². The summed E-state index contributed by atoms with van der Waals surface area (Å²) in [5.41, 5.74) is 2.13. The van der Waals surface area contributed by atoms with Gasteiger partial charge < -0.3 is 24.8 Å². The van der Waals surface area contributed by atoms with Gasteiger partial charge in [0.1, 0.15) is 35.4 Å². The normalized spacial score (nSPS) is 13.0. The Morgan fingerprint density at radius 1 is 0.853 bits per heavy atom. The van der Waals surface area contributed by atoms with Crippen LogP contribution in [0.1, 0.15) is 62.3 Å². The molecular weight excluding hydrogens is 428 g/mol. The van der Waals surface area contributed by atoms with Crippen LogP contribution in [0.3, 0.4) is 0 Å². The van der Waals surface area contributed by atoms with E-state index in [1.165, 1.54) is 0 Å². The number of benzene rings is 3. The van der Waals surface area contributed by atoms with E-state index in [1.807, 2.05) is 38.1 Å². The molecule has 0 aliphatic carbocycles. The third kappa shape index (κ3) is 7.16. The molecule has 0 bridgehead atoms. The predicted molar refractivity (Wildman–Crippen MR) is 135 cm³/mol. The zero-order valence-corrected chi connectivity index (χ0v) is 20.8. The molecule has 3 rings (SSSR count). The topological polar surface area (TPSA) is 79.2 Å². The molecule has 0 amide bonds. The van der Waals surface area contributed by atoms with Crippen molar-refractivity contribution < 1.29 is 24.8 Å². The molecule has 0 aliphatic heterocycles. The number of phenolic OH excluding ortho intramolecular Hbond substituents is 2. The Hall–Kier alpha value is -3.18. The number of aliphatic hydroxyl groups is 1. The van der Waals surface area contributed by atoms with E-state index in [0.717, 1.165) is 29.5 Å². The van der Waals surface area contributed by atoms with Crippen LogP contribution in [0.25, 0.3) is 0 Å². The quantitative estimate of drug-likeness (QED) is 0.298. The monoisotopic (exact) mass is 464 g/mol. The van der Waals surface area contributed by atoms with Crippen LogP contribution in [0.15, 0.2) is 54.6 Å². The van der Waals surface area contributed by atoms with Gasteiger partial charge in [-0.3, -0.25) is 0 Å². The molecule has 0 fully saturated rings. The van der Waals surface area contributed by atoms with Gasteiger partial charge in [-0.15, -0.1) is 0 Å². The summed E-state index contributed by atoms with van der Waals surface area (Å²) in [6, 6.07) is 16.0. The standard InChI is InChI=1S/C29H36O5/c1-19(2)7-6-10-29(5,32)27-9-8-22(15-28(27)31)18-33-24-12-21(4)14-26(17-24)34-25-13-20(3)11-23(30)16-25/h8-9,11-17,19,30-32H,6-7,10,18H2,1-5H3/t29-/m0/s1. The first kappa shape index (κ1) is 25.4. The van der Waals surface area contributed by atoms with Crippen molar-refractivity contribution in [3.8, 4) is 28.7 Å². The number of phenols is 2. The van der Waals surface area contributed by atoms with E-state index in [-0.39, 0.29) is 18.1 Å². The molecule has 3 aromatic rings. The predicted octanol–water partition coefficient (Wildman–Crippen LogP) is 7.12. The molecule has 0 saturated heterocycles. The van der Waals surface area contributed by atoms with Gasteiger partial charge in [0, 0.05) is 17.7 Å². The van der Waals surface area contributed by atoms with E-state index in [4.69, 9.17) is 9.47 Å². The van der Waals surface area contributed by atoms with Gasteiger partial charge in [-0.25, -0.2) is 0 Å². The van der Waals surface area contributed by atoms with Crippen LogP contribution in [0, 0.1) is 19.8 Å². The van der Waals surface area contributed by atoms with Gasteiger partial charge in [-0.05, 0) is 86.6 Å². The molecule has 182 valence electrons. The molecule has 0 unspecified atom stereocenters. The fraction of sp³-hybridized carbons (Fsp3) is 0.379. The lowest BCUT2D eigenvalue weighted by Gasteiger charge is -2.25. The highest BCUT2D eigenvalue weighted by Crippen LogP contribution is 2.35. The number of ether oxygens (including phenoxy) is 2. The zero-order chi connectivity index (χ0) is 24.9. The molecule has 34 heavy (non-hydrogen) atoms. The van der Waals surface area contributed by atoms with Gasteiger partial charge in [0.05, 0.1) is 5.60 Å². The largest absolute Gasteiger partial charge is 0.508 e. The van der Waals surface area contributed by atoms with E-state index in [2.05, 4.69) is 13.8 Å². The minimum absolute atomic E-state index is 0.0724. The Balaban J connectivity index is 1.67. The molecular formula is C29H36O5. The van der Waals surface area contributed by atoms with Crippen molar-refractivity contribution in [3.05, 3.63) is 76.9 Å². The van der Waals surface area contributed by atoms with E-state index in [1.54, 1.807) is 37.3 Å². The Bertz CT molecular complexity index is 1100. The molecule has 0 radical (unpaired) electrons. The lowest BCUT2D eigenvalue weighted by atomic mass is 9.88. The Kier molecular flexibility index (Phi) is 8.11. The molecule has 0 saturated carbocycles. The maximum atomic E-state index is 10.9. The number of rotatable bonds is 10. The summed E-state index contributed by atoms with van der Waals surface area (Å²) in [5.74, 6) is 2.60. The summed E-state index contributed by atoms with van der Waals surface area (Å²) < 4.78 is 11.9. The molecule has 3 aromatic carbocycles. The second-order valence-electron chi connectivity index (χ2n) is 9.79. The maximum absolute atomic E-state index is 10.9. The van der Waals surface area contributed by atoms with Crippen LogP contribution in [-0.4, -0.2) is 15.3 Å². The lowest BCUT2D eigenvalue weighted by Crippen LogP contribution is -2.21. The maximum Gasteiger partial charge on any atom is 0.131 e. The summed E-state index contributed by atoms with van der Waals surface area (Å²) in [4.78, 5) is 0. The molecule has 0 heterocycles. The molecule has 5 nitrogen and oxygen atoms in total. The first-order valence-corrected chi connectivity index (χ1v) is 11.8. The van der Waals surface area contributed by atoms with Crippen molar-refractivity contribution in [2.24, 2.45) is 5.92 Å². The van der Waals surface area contributed by atoms with Crippen LogP contribution in [0.2, 0.25) is 0 Å². The first-order chi connectivity index (χ1) is 16.0. The average Bonchev–Trinajstić information content (AvgIpc) is 2.70. The number of aryl methyl sites for hydroxylation is 2. The SMILES string of the molecule is Cc1cc(O)cc(Oc2cc(C)cc(OCc3ccc([C@@](C)(O)CCCC(C)C)c(O)c3)c2)c1. The molecule has 0 aromatic heterocycles. The molecule has 0 spiro atoms. The minimum Gasteiger partial charge on any atom is -0.508 e. The van der Waals surface area contributed by atoms with Crippen molar-refractivity contribution in [1.82, 2.24) is 0 Å². The van der Waals surface area contributed by atoms with Crippen LogP contribution in [0.4, 0.5) is 0 Å². The van der Waals surface area contributed by atoms with Crippen LogP contribution in [0.5, 0.6) is 28.7 Å². The summed E-state index contributed by atoms with van der Waals surface area (Å²) in [5, 5.41) is 31.3. The van der Waals surface area contributed by atoms with Gasteiger partial charge in [-0.2, -0.15) is 0 Å². The fourth-order valence-corrected chi connectivity index (χ4v) is 4.06. The average molecular weight is 465 g/mol. The van der Waals surface area contributed by atoms with Gasteiger partial charge in [0.15, 0.2) is 0 Å². The smallest absolute Gasteiger partial charge is 0.131 e. The highest BCUT2D eigenvalue weighted by Gasteiger charge is 2.26. The highest BCUT2D eigenvalue weighted by atomic mass is 16.5. The lowest BCUT2D eigenvalue weighted by molar-refractivity contribution is 0.0417. The highest BCUT2D eigenvalue weighted by molar-refractivity contribution is 5.44. The van der Waals surface area contributed by atoms with Crippen LogP contribution >= 0.6 is 0 Å². The van der Waals surface area contributed by atoms with E-state index >= 15 is 0 Å². The summed E-state index contributed by atoms with van der Waals surface area (Å²) in [6.45, 7) is 10.2. The molecule has 3 N–H and O–H groups in total. The van der Waals surface area contributed by atoms with Crippen molar-refractivity contribution in [1.29, 1.82) is 0 Å². The van der Waals surface area contributed by atoms with Crippen molar-refractivity contribution in [3.63, 3.8) is 0 Å². The number of hydrogen-bond acceptors (Lipinski definition) is 5. The number of aromatic hydroxyl groups is 2. The third-order valence-corrected chi connectivity index (χ3v) is 5.79. The zero-order valence-electron chi connectivity index (χ0n) is 20.8. The number of hydrogen-bond donors (Lipinski definition) is 3.